The minimum absolute atomic E-state index is 0.0175. The van der Waals surface area contributed by atoms with Gasteiger partial charge in [0.2, 0.25) is 15.9 Å². The summed E-state index contributed by atoms with van der Waals surface area (Å²) in [5, 5.41) is 2.81. The number of carbonyl (C=O) groups is 2. The summed E-state index contributed by atoms with van der Waals surface area (Å²) in [5.74, 6) is -0.332. The van der Waals surface area contributed by atoms with E-state index in [1.54, 1.807) is 0 Å². The molecule has 0 aliphatic carbocycles. The number of amides is 2. The zero-order valence-corrected chi connectivity index (χ0v) is 16.8. The van der Waals surface area contributed by atoms with E-state index in [9.17, 15) is 18.0 Å². The molecule has 0 saturated carbocycles. The maximum absolute atomic E-state index is 12.9. The van der Waals surface area contributed by atoms with Gasteiger partial charge in [0, 0.05) is 19.1 Å². The van der Waals surface area contributed by atoms with Crippen molar-refractivity contribution in [3.63, 3.8) is 0 Å². The van der Waals surface area contributed by atoms with Crippen molar-refractivity contribution in [2.45, 2.75) is 31.2 Å². The predicted octanol–water partition coefficient (Wildman–Crippen LogP) is 0.348. The van der Waals surface area contributed by atoms with E-state index in [0.29, 0.717) is 19.0 Å². The molecule has 1 unspecified atom stereocenters. The molecule has 1 atom stereocenters. The summed E-state index contributed by atoms with van der Waals surface area (Å²) in [6, 6.07) is 4.36. The first-order valence-electron chi connectivity index (χ1n) is 9.27. The van der Waals surface area contributed by atoms with Gasteiger partial charge in [-0.15, -0.1) is 0 Å². The monoisotopic (exact) mass is 411 g/mol. The second-order valence-electron chi connectivity index (χ2n) is 6.79. The summed E-state index contributed by atoms with van der Waals surface area (Å²) in [6.07, 6.45) is 0.765. The smallest absolute Gasteiger partial charge is 0.265 e. The van der Waals surface area contributed by atoms with E-state index in [1.807, 2.05) is 13.8 Å². The van der Waals surface area contributed by atoms with Crippen molar-refractivity contribution in [3.8, 4) is 5.75 Å². The third-order valence-electron chi connectivity index (χ3n) is 4.80. The van der Waals surface area contributed by atoms with Crippen LogP contribution in [-0.4, -0.2) is 70.0 Å². The van der Waals surface area contributed by atoms with Gasteiger partial charge >= 0.3 is 0 Å². The van der Waals surface area contributed by atoms with Crippen LogP contribution < -0.4 is 15.0 Å². The number of sulfonamides is 1. The number of hydrogen-bond donors (Lipinski definition) is 1. The summed E-state index contributed by atoms with van der Waals surface area (Å²) >= 11 is 0. The van der Waals surface area contributed by atoms with E-state index in [2.05, 4.69) is 5.32 Å². The van der Waals surface area contributed by atoms with E-state index in [-0.39, 0.29) is 48.8 Å². The van der Waals surface area contributed by atoms with Gasteiger partial charge in [-0.3, -0.25) is 14.5 Å². The van der Waals surface area contributed by atoms with Crippen LogP contribution in [0, 0.1) is 0 Å². The van der Waals surface area contributed by atoms with Crippen molar-refractivity contribution in [1.29, 1.82) is 0 Å². The molecule has 10 heteroatoms. The zero-order valence-electron chi connectivity index (χ0n) is 16.0. The third kappa shape index (κ3) is 4.29. The van der Waals surface area contributed by atoms with Gasteiger partial charge < -0.3 is 14.8 Å². The van der Waals surface area contributed by atoms with Gasteiger partial charge in [0.15, 0.2) is 6.61 Å². The van der Waals surface area contributed by atoms with Crippen LogP contribution in [0.25, 0.3) is 0 Å². The predicted molar refractivity (Wildman–Crippen MR) is 102 cm³/mol. The fourth-order valence-corrected chi connectivity index (χ4v) is 4.45. The first kappa shape index (κ1) is 20.6. The fraction of sp³-hybridized carbons (Fsp3) is 0.556. The highest BCUT2D eigenvalue weighted by Crippen LogP contribution is 2.35. The number of hydrogen-bond acceptors (Lipinski definition) is 6. The Bertz CT molecular complexity index is 851. The Morgan fingerprint density at radius 1 is 1.29 bits per heavy atom. The highest BCUT2D eigenvalue weighted by molar-refractivity contribution is 7.89. The molecule has 28 heavy (non-hydrogen) atoms. The van der Waals surface area contributed by atoms with E-state index in [1.165, 1.54) is 27.4 Å². The Labute approximate surface area is 164 Å². The van der Waals surface area contributed by atoms with Crippen molar-refractivity contribution in [1.82, 2.24) is 9.62 Å². The fourth-order valence-electron chi connectivity index (χ4n) is 3.02. The summed E-state index contributed by atoms with van der Waals surface area (Å²) in [5.41, 5.74) is 0.282. The molecule has 0 spiro atoms. The standard InChI is InChI=1S/C18H25N3O6S/c1-3-13(2)19-17(22)11-21-15-10-14(4-5-16(15)27-12-18(21)23)28(24,25)20-6-8-26-9-7-20/h4-5,10,13H,3,6-9,11-12H2,1-2H3,(H,19,22). The van der Waals surface area contributed by atoms with Crippen molar-refractivity contribution >= 4 is 27.5 Å². The minimum atomic E-state index is -3.73. The van der Waals surface area contributed by atoms with Crippen LogP contribution in [0.15, 0.2) is 23.1 Å². The second-order valence-corrected chi connectivity index (χ2v) is 8.73. The number of anilines is 1. The van der Waals surface area contributed by atoms with E-state index >= 15 is 0 Å². The molecule has 1 aromatic rings. The maximum Gasteiger partial charge on any atom is 0.265 e. The number of benzene rings is 1. The lowest BCUT2D eigenvalue weighted by molar-refractivity contribution is -0.125. The van der Waals surface area contributed by atoms with Gasteiger partial charge in [0.25, 0.3) is 5.91 Å². The van der Waals surface area contributed by atoms with Gasteiger partial charge in [0.1, 0.15) is 12.3 Å². The molecular weight excluding hydrogens is 386 g/mol. The molecule has 1 saturated heterocycles. The normalized spacial score (nSPS) is 18.9. The molecule has 2 aliphatic rings. The van der Waals surface area contributed by atoms with Crippen molar-refractivity contribution in [3.05, 3.63) is 18.2 Å². The van der Waals surface area contributed by atoms with Gasteiger partial charge in [-0.05, 0) is 31.5 Å². The summed E-state index contributed by atoms with van der Waals surface area (Å²) in [4.78, 5) is 26.0. The van der Waals surface area contributed by atoms with E-state index in [0.717, 1.165) is 6.42 Å². The Hall–Kier alpha value is -2.17. The quantitative estimate of drug-likeness (QED) is 0.724. The Morgan fingerprint density at radius 3 is 2.68 bits per heavy atom. The van der Waals surface area contributed by atoms with Crippen LogP contribution in [0.4, 0.5) is 5.69 Å². The number of morpholine rings is 1. The first-order chi connectivity index (χ1) is 13.3. The van der Waals surface area contributed by atoms with Crippen molar-refractivity contribution < 1.29 is 27.5 Å². The number of nitrogens with zero attached hydrogens (tertiary/aromatic N) is 2. The molecule has 0 bridgehead atoms. The molecule has 0 aromatic heterocycles. The number of carbonyl (C=O) groups excluding carboxylic acids is 2. The second kappa shape index (κ2) is 8.46. The SMILES string of the molecule is CCC(C)NC(=O)CN1C(=O)COc2ccc(S(=O)(=O)N3CCOCC3)cc21. The molecule has 1 N–H and O–H groups in total. The van der Waals surface area contributed by atoms with Crippen LogP contribution in [0.1, 0.15) is 20.3 Å². The highest BCUT2D eigenvalue weighted by atomic mass is 32.2. The van der Waals surface area contributed by atoms with E-state index < -0.39 is 15.9 Å². The molecule has 9 nitrogen and oxygen atoms in total. The summed E-state index contributed by atoms with van der Waals surface area (Å²) in [6.45, 7) is 4.66. The van der Waals surface area contributed by atoms with E-state index in [4.69, 9.17) is 9.47 Å². The minimum Gasteiger partial charge on any atom is -0.482 e. The van der Waals surface area contributed by atoms with Crippen LogP contribution in [0.3, 0.4) is 0 Å². The van der Waals surface area contributed by atoms with Crippen LogP contribution in [-0.2, 0) is 24.3 Å². The molecule has 3 rings (SSSR count). The molecule has 2 aliphatic heterocycles. The number of ether oxygens (including phenoxy) is 2. The number of fused-ring (bicyclic) bond motifs is 1. The van der Waals surface area contributed by atoms with Crippen LogP contribution in [0.2, 0.25) is 0 Å². The molecule has 1 fully saturated rings. The van der Waals surface area contributed by atoms with Crippen molar-refractivity contribution in [2.24, 2.45) is 0 Å². The summed E-state index contributed by atoms with van der Waals surface area (Å²) < 4.78 is 37.8. The Balaban J connectivity index is 1.88. The average molecular weight is 411 g/mol. The highest BCUT2D eigenvalue weighted by Gasteiger charge is 2.32. The molecule has 1 aromatic carbocycles. The third-order valence-corrected chi connectivity index (χ3v) is 6.70. The zero-order chi connectivity index (χ0) is 20.3. The lowest BCUT2D eigenvalue weighted by atomic mass is 10.2. The molecule has 0 radical (unpaired) electrons. The lowest BCUT2D eigenvalue weighted by Gasteiger charge is -2.30. The number of rotatable bonds is 6. The Kier molecular flexibility index (Phi) is 6.21. The van der Waals surface area contributed by atoms with Gasteiger partial charge in [-0.2, -0.15) is 4.31 Å². The lowest BCUT2D eigenvalue weighted by Crippen LogP contribution is -2.47. The van der Waals surface area contributed by atoms with Gasteiger partial charge in [-0.25, -0.2) is 8.42 Å². The van der Waals surface area contributed by atoms with Crippen LogP contribution in [0.5, 0.6) is 5.75 Å². The molecule has 154 valence electrons. The van der Waals surface area contributed by atoms with Gasteiger partial charge in [0.05, 0.1) is 23.8 Å². The summed E-state index contributed by atoms with van der Waals surface area (Å²) in [7, 11) is -3.73. The molecule has 2 heterocycles. The van der Waals surface area contributed by atoms with Crippen LogP contribution >= 0.6 is 0 Å². The Morgan fingerprint density at radius 2 is 2.00 bits per heavy atom. The average Bonchev–Trinajstić information content (AvgIpc) is 2.70. The first-order valence-corrected chi connectivity index (χ1v) is 10.7. The largest absolute Gasteiger partial charge is 0.482 e. The van der Waals surface area contributed by atoms with Gasteiger partial charge in [-0.1, -0.05) is 6.92 Å². The number of nitrogens with one attached hydrogen (secondary N) is 1. The maximum atomic E-state index is 12.9. The van der Waals surface area contributed by atoms with Crippen molar-refractivity contribution in [2.75, 3.05) is 44.4 Å². The molecule has 2 amide bonds. The topological polar surface area (TPSA) is 105 Å². The molecular formula is C18H25N3O6S.